The van der Waals surface area contributed by atoms with Crippen LogP contribution < -0.4 is 0 Å². The van der Waals surface area contributed by atoms with Gasteiger partial charge in [-0.15, -0.1) is 0 Å². The third-order valence-electron chi connectivity index (χ3n) is 1.65. The molecule has 60 valence electrons. The highest BCUT2D eigenvalue weighted by molar-refractivity contribution is 5.09. The van der Waals surface area contributed by atoms with Gasteiger partial charge in [-0.1, -0.05) is 13.8 Å². The predicted octanol–water partition coefficient (Wildman–Crippen LogP) is 0.746. The van der Waals surface area contributed by atoms with Crippen LogP contribution in [0.15, 0.2) is 18.6 Å². The fourth-order valence-electron chi connectivity index (χ4n) is 0.730. The molecule has 0 aliphatic heterocycles. The number of nitrogens with zero attached hydrogens (tertiary/aromatic N) is 2. The van der Waals surface area contributed by atoms with Gasteiger partial charge in [-0.05, 0) is 0 Å². The molecule has 1 rings (SSSR count). The van der Waals surface area contributed by atoms with E-state index in [0.29, 0.717) is 0 Å². The first kappa shape index (κ1) is 8.14. The highest BCUT2D eigenvalue weighted by atomic mass is 16.3. The SMILES string of the molecule is CC(C)(CO)c1cnccn1. The van der Waals surface area contributed by atoms with Crippen LogP contribution in [0, 0.1) is 0 Å². The molecule has 0 saturated heterocycles. The predicted molar refractivity (Wildman–Crippen MR) is 42.1 cm³/mol. The van der Waals surface area contributed by atoms with Crippen LogP contribution >= 0.6 is 0 Å². The second-order valence-corrected chi connectivity index (χ2v) is 3.13. The molecule has 0 atom stereocenters. The quantitative estimate of drug-likeness (QED) is 0.680. The van der Waals surface area contributed by atoms with Crippen molar-refractivity contribution < 1.29 is 5.11 Å². The zero-order valence-corrected chi connectivity index (χ0v) is 6.78. The summed E-state index contributed by atoms with van der Waals surface area (Å²) in [6, 6.07) is 0. The summed E-state index contributed by atoms with van der Waals surface area (Å²) in [7, 11) is 0. The molecule has 1 N–H and O–H groups in total. The Balaban J connectivity index is 2.93. The van der Waals surface area contributed by atoms with Gasteiger partial charge >= 0.3 is 0 Å². The molecule has 0 aliphatic rings. The van der Waals surface area contributed by atoms with Gasteiger partial charge < -0.3 is 5.11 Å². The molecule has 1 aromatic heterocycles. The third-order valence-corrected chi connectivity index (χ3v) is 1.65. The monoisotopic (exact) mass is 152 g/mol. The smallest absolute Gasteiger partial charge is 0.0665 e. The van der Waals surface area contributed by atoms with Crippen LogP contribution in [0.3, 0.4) is 0 Å². The van der Waals surface area contributed by atoms with E-state index in [4.69, 9.17) is 5.11 Å². The van der Waals surface area contributed by atoms with Gasteiger partial charge in [0.25, 0.3) is 0 Å². The van der Waals surface area contributed by atoms with Gasteiger partial charge in [-0.3, -0.25) is 9.97 Å². The lowest BCUT2D eigenvalue weighted by Crippen LogP contribution is -2.23. The van der Waals surface area contributed by atoms with E-state index >= 15 is 0 Å². The molecular formula is C8H12N2O. The molecule has 0 amide bonds. The van der Waals surface area contributed by atoms with E-state index in [-0.39, 0.29) is 12.0 Å². The average molecular weight is 152 g/mol. The van der Waals surface area contributed by atoms with Crippen molar-refractivity contribution in [3.63, 3.8) is 0 Å². The van der Waals surface area contributed by atoms with Crippen molar-refractivity contribution in [3.8, 4) is 0 Å². The molecule has 0 fully saturated rings. The fraction of sp³-hybridized carbons (Fsp3) is 0.500. The van der Waals surface area contributed by atoms with E-state index in [9.17, 15) is 0 Å². The van der Waals surface area contributed by atoms with Crippen molar-refractivity contribution in [1.29, 1.82) is 0 Å². The molecule has 0 radical (unpaired) electrons. The fourth-order valence-corrected chi connectivity index (χ4v) is 0.730. The Morgan fingerprint density at radius 2 is 2.18 bits per heavy atom. The van der Waals surface area contributed by atoms with Crippen molar-refractivity contribution in [2.45, 2.75) is 19.3 Å². The Bertz CT molecular complexity index is 221. The average Bonchev–Trinajstić information content (AvgIpc) is 2.06. The Morgan fingerprint density at radius 1 is 1.45 bits per heavy atom. The molecule has 0 saturated carbocycles. The van der Waals surface area contributed by atoms with E-state index in [1.165, 1.54) is 0 Å². The molecule has 0 bridgehead atoms. The molecular weight excluding hydrogens is 140 g/mol. The van der Waals surface area contributed by atoms with Gasteiger partial charge in [-0.25, -0.2) is 0 Å². The Kier molecular flexibility index (Phi) is 2.19. The number of aromatic nitrogens is 2. The molecule has 0 unspecified atom stereocenters. The van der Waals surface area contributed by atoms with Gasteiger partial charge in [0.15, 0.2) is 0 Å². The maximum absolute atomic E-state index is 8.98. The standard InChI is InChI=1S/C8H12N2O/c1-8(2,6-11)7-5-9-3-4-10-7/h3-5,11H,6H2,1-2H3. The molecule has 0 aromatic carbocycles. The van der Waals surface area contributed by atoms with E-state index < -0.39 is 0 Å². The molecule has 1 heterocycles. The van der Waals surface area contributed by atoms with Gasteiger partial charge in [0.05, 0.1) is 12.3 Å². The second-order valence-electron chi connectivity index (χ2n) is 3.13. The van der Waals surface area contributed by atoms with Gasteiger partial charge in [0.2, 0.25) is 0 Å². The van der Waals surface area contributed by atoms with Gasteiger partial charge in [0.1, 0.15) is 0 Å². The van der Waals surface area contributed by atoms with Gasteiger partial charge in [-0.2, -0.15) is 0 Å². The number of aliphatic hydroxyl groups is 1. The van der Waals surface area contributed by atoms with Crippen LogP contribution in [-0.4, -0.2) is 21.7 Å². The maximum atomic E-state index is 8.98. The van der Waals surface area contributed by atoms with Crippen LogP contribution in [0.25, 0.3) is 0 Å². The third kappa shape index (κ3) is 1.74. The lowest BCUT2D eigenvalue weighted by Gasteiger charge is -2.19. The minimum atomic E-state index is -0.283. The summed E-state index contributed by atoms with van der Waals surface area (Å²) in [6.45, 7) is 3.94. The topological polar surface area (TPSA) is 46.0 Å². The van der Waals surface area contributed by atoms with Crippen molar-refractivity contribution >= 4 is 0 Å². The highest BCUT2D eigenvalue weighted by Crippen LogP contribution is 2.17. The molecule has 0 spiro atoms. The highest BCUT2D eigenvalue weighted by Gasteiger charge is 2.20. The Hall–Kier alpha value is -0.960. The summed E-state index contributed by atoms with van der Waals surface area (Å²) < 4.78 is 0. The van der Waals surface area contributed by atoms with Crippen molar-refractivity contribution in [2.24, 2.45) is 0 Å². The lowest BCUT2D eigenvalue weighted by atomic mass is 9.91. The van der Waals surface area contributed by atoms with E-state index in [2.05, 4.69) is 9.97 Å². The van der Waals surface area contributed by atoms with Crippen molar-refractivity contribution in [2.75, 3.05) is 6.61 Å². The van der Waals surface area contributed by atoms with Crippen LogP contribution in [0.5, 0.6) is 0 Å². The van der Waals surface area contributed by atoms with Crippen molar-refractivity contribution in [3.05, 3.63) is 24.3 Å². The van der Waals surface area contributed by atoms with E-state index in [1.54, 1.807) is 18.6 Å². The van der Waals surface area contributed by atoms with Crippen molar-refractivity contribution in [1.82, 2.24) is 9.97 Å². The summed E-state index contributed by atoms with van der Waals surface area (Å²) in [5.74, 6) is 0. The van der Waals surface area contributed by atoms with Crippen LogP contribution in [0.4, 0.5) is 0 Å². The van der Waals surface area contributed by atoms with Crippen LogP contribution in [0.1, 0.15) is 19.5 Å². The second kappa shape index (κ2) is 2.96. The largest absolute Gasteiger partial charge is 0.395 e. The summed E-state index contributed by atoms with van der Waals surface area (Å²) in [5, 5.41) is 8.98. The molecule has 1 aromatic rings. The van der Waals surface area contributed by atoms with Gasteiger partial charge in [0, 0.05) is 24.0 Å². The summed E-state index contributed by atoms with van der Waals surface area (Å²) >= 11 is 0. The first-order valence-corrected chi connectivity index (χ1v) is 3.54. The van der Waals surface area contributed by atoms with Crippen LogP contribution in [0.2, 0.25) is 0 Å². The maximum Gasteiger partial charge on any atom is 0.0665 e. The van der Waals surface area contributed by atoms with Crippen LogP contribution in [-0.2, 0) is 5.41 Å². The van der Waals surface area contributed by atoms with E-state index in [1.807, 2.05) is 13.8 Å². The number of hydrogen-bond acceptors (Lipinski definition) is 3. The Morgan fingerprint density at radius 3 is 2.64 bits per heavy atom. The zero-order chi connectivity index (χ0) is 8.32. The first-order valence-electron chi connectivity index (χ1n) is 3.54. The molecule has 3 heteroatoms. The zero-order valence-electron chi connectivity index (χ0n) is 6.78. The minimum absolute atomic E-state index is 0.0890. The molecule has 3 nitrogen and oxygen atoms in total. The minimum Gasteiger partial charge on any atom is -0.395 e. The first-order chi connectivity index (χ1) is 5.17. The summed E-state index contributed by atoms with van der Waals surface area (Å²) in [5.41, 5.74) is 0.538. The Labute approximate surface area is 66.1 Å². The summed E-state index contributed by atoms with van der Waals surface area (Å²) in [6.07, 6.45) is 4.93. The lowest BCUT2D eigenvalue weighted by molar-refractivity contribution is 0.215. The van der Waals surface area contributed by atoms with E-state index in [0.717, 1.165) is 5.69 Å². The normalized spacial score (nSPS) is 11.5. The molecule has 11 heavy (non-hydrogen) atoms. The number of rotatable bonds is 2. The number of aliphatic hydroxyl groups excluding tert-OH is 1. The number of hydrogen-bond donors (Lipinski definition) is 1. The molecule has 0 aliphatic carbocycles. The summed E-state index contributed by atoms with van der Waals surface area (Å²) in [4.78, 5) is 8.02.